The average molecular weight is 289 g/mol. The van der Waals surface area contributed by atoms with Crippen LogP contribution < -0.4 is 14.8 Å². The van der Waals surface area contributed by atoms with Crippen molar-refractivity contribution in [1.82, 2.24) is 5.32 Å². The Morgan fingerprint density at radius 2 is 2.10 bits per heavy atom. The highest BCUT2D eigenvalue weighted by Gasteiger charge is 2.23. The van der Waals surface area contributed by atoms with Crippen molar-refractivity contribution in [1.29, 1.82) is 0 Å². The molecule has 2 heterocycles. The predicted octanol–water partition coefficient (Wildman–Crippen LogP) is 3.61. The first-order valence-electron chi connectivity index (χ1n) is 7.05. The van der Waals surface area contributed by atoms with Crippen LogP contribution >= 0.6 is 11.3 Å². The Morgan fingerprint density at radius 3 is 2.90 bits per heavy atom. The minimum atomic E-state index is 0.173. The third kappa shape index (κ3) is 2.67. The van der Waals surface area contributed by atoms with E-state index in [1.165, 1.54) is 4.88 Å². The lowest BCUT2D eigenvalue weighted by Crippen LogP contribution is -2.25. The summed E-state index contributed by atoms with van der Waals surface area (Å²) in [6.07, 6.45) is 1.11. The number of thiophene rings is 1. The SMILES string of the molecule is CCCNC(c1cccs1)c1cccc2c1OCCO2. The molecule has 1 aliphatic rings. The van der Waals surface area contributed by atoms with Gasteiger partial charge < -0.3 is 14.8 Å². The summed E-state index contributed by atoms with van der Waals surface area (Å²) in [7, 11) is 0. The summed E-state index contributed by atoms with van der Waals surface area (Å²) in [4.78, 5) is 1.31. The van der Waals surface area contributed by atoms with Crippen LogP contribution in [0.4, 0.5) is 0 Å². The van der Waals surface area contributed by atoms with Gasteiger partial charge in [-0.15, -0.1) is 11.3 Å². The standard InChI is InChI=1S/C16H19NO2S/c1-2-8-17-15(14-7-4-11-20-14)12-5-3-6-13-16(12)19-10-9-18-13/h3-7,11,15,17H,2,8-10H2,1H3. The van der Waals surface area contributed by atoms with Crippen LogP contribution in [0.5, 0.6) is 11.5 Å². The highest BCUT2D eigenvalue weighted by atomic mass is 32.1. The number of ether oxygens (including phenoxy) is 2. The molecule has 0 saturated carbocycles. The van der Waals surface area contributed by atoms with E-state index in [1.54, 1.807) is 11.3 Å². The summed E-state index contributed by atoms with van der Waals surface area (Å²) < 4.78 is 11.5. The Kier molecular flexibility index (Phi) is 4.23. The summed E-state index contributed by atoms with van der Waals surface area (Å²) in [5.74, 6) is 1.74. The van der Waals surface area contributed by atoms with Crippen molar-refractivity contribution in [2.75, 3.05) is 19.8 Å². The maximum atomic E-state index is 5.85. The van der Waals surface area contributed by atoms with Crippen molar-refractivity contribution in [3.05, 3.63) is 46.2 Å². The second kappa shape index (κ2) is 6.29. The van der Waals surface area contributed by atoms with Crippen LogP contribution in [0.15, 0.2) is 35.7 Å². The fraction of sp³-hybridized carbons (Fsp3) is 0.375. The molecule has 0 spiro atoms. The van der Waals surface area contributed by atoms with Crippen LogP contribution in [0.1, 0.15) is 29.8 Å². The second-order valence-electron chi connectivity index (χ2n) is 4.77. The van der Waals surface area contributed by atoms with Crippen molar-refractivity contribution in [3.8, 4) is 11.5 Å². The van der Waals surface area contributed by atoms with E-state index < -0.39 is 0 Å². The third-order valence-corrected chi connectivity index (χ3v) is 4.27. The highest BCUT2D eigenvalue weighted by molar-refractivity contribution is 7.10. The topological polar surface area (TPSA) is 30.5 Å². The van der Waals surface area contributed by atoms with Gasteiger partial charge in [-0.05, 0) is 30.5 Å². The highest BCUT2D eigenvalue weighted by Crippen LogP contribution is 2.39. The monoisotopic (exact) mass is 289 g/mol. The van der Waals surface area contributed by atoms with Gasteiger partial charge in [-0.25, -0.2) is 0 Å². The fourth-order valence-corrected chi connectivity index (χ4v) is 3.25. The largest absolute Gasteiger partial charge is 0.486 e. The van der Waals surface area contributed by atoms with Gasteiger partial charge >= 0.3 is 0 Å². The number of fused-ring (bicyclic) bond motifs is 1. The molecular weight excluding hydrogens is 270 g/mol. The van der Waals surface area contributed by atoms with Crippen molar-refractivity contribution in [2.24, 2.45) is 0 Å². The lowest BCUT2D eigenvalue weighted by molar-refractivity contribution is 0.169. The number of benzene rings is 1. The molecule has 0 saturated heterocycles. The van der Waals surface area contributed by atoms with Gasteiger partial charge in [0.2, 0.25) is 0 Å². The molecule has 1 N–H and O–H groups in total. The lowest BCUT2D eigenvalue weighted by Gasteiger charge is -2.25. The first-order valence-corrected chi connectivity index (χ1v) is 7.93. The maximum absolute atomic E-state index is 5.85. The Morgan fingerprint density at radius 1 is 1.20 bits per heavy atom. The summed E-state index contributed by atoms with van der Waals surface area (Å²) in [5.41, 5.74) is 1.16. The molecule has 0 amide bonds. The van der Waals surface area contributed by atoms with Gasteiger partial charge in [0.15, 0.2) is 11.5 Å². The molecule has 3 rings (SSSR count). The molecule has 3 nitrogen and oxygen atoms in total. The zero-order valence-corrected chi connectivity index (χ0v) is 12.4. The Hall–Kier alpha value is -1.52. The third-order valence-electron chi connectivity index (χ3n) is 3.33. The van der Waals surface area contributed by atoms with Crippen LogP contribution in [0.3, 0.4) is 0 Å². The smallest absolute Gasteiger partial charge is 0.166 e. The van der Waals surface area contributed by atoms with Gasteiger partial charge in [-0.1, -0.05) is 25.1 Å². The van der Waals surface area contributed by atoms with Crippen LogP contribution in [0.25, 0.3) is 0 Å². The van der Waals surface area contributed by atoms with Crippen molar-refractivity contribution < 1.29 is 9.47 Å². The first kappa shape index (κ1) is 13.5. The summed E-state index contributed by atoms with van der Waals surface area (Å²) in [6, 6.07) is 10.6. The van der Waals surface area contributed by atoms with Crippen molar-refractivity contribution in [3.63, 3.8) is 0 Å². The van der Waals surface area contributed by atoms with Gasteiger partial charge in [0, 0.05) is 10.4 Å². The molecule has 1 unspecified atom stereocenters. The molecule has 1 atom stereocenters. The van der Waals surface area contributed by atoms with E-state index in [0.717, 1.165) is 30.0 Å². The molecule has 1 aromatic heterocycles. The first-order chi connectivity index (χ1) is 9.90. The Balaban J connectivity index is 1.98. The second-order valence-corrected chi connectivity index (χ2v) is 5.75. The van der Waals surface area contributed by atoms with E-state index in [-0.39, 0.29) is 6.04 Å². The normalized spacial score (nSPS) is 15.1. The van der Waals surface area contributed by atoms with E-state index in [9.17, 15) is 0 Å². The number of hydrogen-bond donors (Lipinski definition) is 1. The molecule has 1 aromatic carbocycles. The molecule has 1 aliphatic heterocycles. The molecule has 20 heavy (non-hydrogen) atoms. The zero-order chi connectivity index (χ0) is 13.8. The maximum Gasteiger partial charge on any atom is 0.166 e. The Labute approximate surface area is 123 Å². The molecule has 0 bridgehead atoms. The van der Waals surface area contributed by atoms with E-state index in [1.807, 2.05) is 12.1 Å². The summed E-state index contributed by atoms with van der Waals surface area (Å²) in [5, 5.41) is 5.73. The minimum absolute atomic E-state index is 0.173. The van der Waals surface area contributed by atoms with Gasteiger partial charge in [0.25, 0.3) is 0 Å². The molecule has 0 aliphatic carbocycles. The summed E-state index contributed by atoms with van der Waals surface area (Å²) in [6.45, 7) is 4.41. The number of para-hydroxylation sites is 1. The molecule has 4 heteroatoms. The van der Waals surface area contributed by atoms with E-state index in [0.29, 0.717) is 13.2 Å². The van der Waals surface area contributed by atoms with Crippen molar-refractivity contribution in [2.45, 2.75) is 19.4 Å². The van der Waals surface area contributed by atoms with Gasteiger partial charge in [0.1, 0.15) is 13.2 Å². The fourth-order valence-electron chi connectivity index (χ4n) is 2.43. The van der Waals surface area contributed by atoms with Crippen LogP contribution in [0.2, 0.25) is 0 Å². The van der Waals surface area contributed by atoms with E-state index >= 15 is 0 Å². The molecule has 0 radical (unpaired) electrons. The number of rotatable bonds is 5. The molecule has 0 fully saturated rings. The summed E-state index contributed by atoms with van der Waals surface area (Å²) >= 11 is 1.77. The van der Waals surface area contributed by atoms with Crippen LogP contribution in [-0.2, 0) is 0 Å². The number of nitrogens with one attached hydrogen (secondary N) is 1. The Bertz CT molecular complexity index is 554. The average Bonchev–Trinajstić information content (AvgIpc) is 3.02. The quantitative estimate of drug-likeness (QED) is 0.912. The minimum Gasteiger partial charge on any atom is -0.486 e. The van der Waals surface area contributed by atoms with Crippen molar-refractivity contribution >= 4 is 11.3 Å². The molecular formula is C16H19NO2S. The van der Waals surface area contributed by atoms with E-state index in [4.69, 9.17) is 9.47 Å². The van der Waals surface area contributed by atoms with Gasteiger partial charge in [-0.3, -0.25) is 0 Å². The lowest BCUT2D eigenvalue weighted by atomic mass is 10.0. The van der Waals surface area contributed by atoms with Gasteiger partial charge in [0.05, 0.1) is 6.04 Å². The molecule has 106 valence electrons. The number of hydrogen-bond acceptors (Lipinski definition) is 4. The van der Waals surface area contributed by atoms with E-state index in [2.05, 4.69) is 35.8 Å². The van der Waals surface area contributed by atoms with Gasteiger partial charge in [-0.2, -0.15) is 0 Å². The van der Waals surface area contributed by atoms with Crippen LogP contribution in [0, 0.1) is 0 Å². The predicted molar refractivity (Wildman–Crippen MR) is 81.9 cm³/mol. The zero-order valence-electron chi connectivity index (χ0n) is 11.6. The molecule has 2 aromatic rings. The van der Waals surface area contributed by atoms with Crippen LogP contribution in [-0.4, -0.2) is 19.8 Å².